The molecule has 0 radical (unpaired) electrons. The molecule has 0 bridgehead atoms. The van der Waals surface area contributed by atoms with E-state index in [0.717, 1.165) is 16.7 Å². The van der Waals surface area contributed by atoms with Crippen LogP contribution in [-0.4, -0.2) is 15.4 Å². The smallest absolute Gasteiger partial charge is 0.168 e. The summed E-state index contributed by atoms with van der Waals surface area (Å²) in [5.41, 5.74) is 3.12. The van der Waals surface area contributed by atoms with Crippen LogP contribution in [0.5, 0.6) is 0 Å². The Morgan fingerprint density at radius 1 is 1.44 bits per heavy atom. The van der Waals surface area contributed by atoms with E-state index < -0.39 is 0 Å². The van der Waals surface area contributed by atoms with Gasteiger partial charge in [-0.05, 0) is 30.7 Å². The first-order valence-electron chi connectivity index (χ1n) is 5.03. The lowest BCUT2D eigenvalue weighted by atomic mass is 10.2. The average Bonchev–Trinajstić information content (AvgIpc) is 2.75. The van der Waals surface area contributed by atoms with Gasteiger partial charge in [-0.2, -0.15) is 4.52 Å². The lowest BCUT2D eigenvalue weighted by molar-refractivity contribution is -0.730. The summed E-state index contributed by atoms with van der Waals surface area (Å²) < 4.78 is 3.31. The van der Waals surface area contributed by atoms with Crippen molar-refractivity contribution in [1.29, 1.82) is 0 Å². The van der Waals surface area contributed by atoms with Crippen molar-refractivity contribution in [3.8, 4) is 0 Å². The molecule has 0 N–H and O–H groups in total. The van der Waals surface area contributed by atoms with Crippen molar-refractivity contribution in [2.75, 3.05) is 0 Å². The Morgan fingerprint density at radius 2 is 2.19 bits per heavy atom. The number of fused-ring (bicyclic) bond motifs is 3. The Kier molecular flexibility index (Phi) is 1.65. The summed E-state index contributed by atoms with van der Waals surface area (Å²) in [6, 6.07) is 7.75. The highest BCUT2D eigenvalue weighted by Gasteiger charge is 2.15. The number of hydrogen-bond donors (Lipinski definition) is 0. The Hall–Kier alpha value is -2.17. The normalized spacial score (nSPS) is 11.4. The number of hydrogen-bond acceptors (Lipinski definition) is 2. The second-order valence-corrected chi connectivity index (χ2v) is 3.76. The predicted molar refractivity (Wildman–Crippen MR) is 56.4 cm³/mol. The van der Waals surface area contributed by atoms with Gasteiger partial charge in [-0.1, -0.05) is 22.3 Å². The van der Waals surface area contributed by atoms with Gasteiger partial charge in [0.2, 0.25) is 0 Å². The van der Waals surface area contributed by atoms with Crippen LogP contribution in [0.2, 0.25) is 0 Å². The maximum atomic E-state index is 11.4. The maximum absolute atomic E-state index is 11.4. The Bertz CT molecular complexity index is 707. The molecule has 0 unspecified atom stereocenters. The maximum Gasteiger partial charge on any atom is 0.168 e. The van der Waals surface area contributed by atoms with Gasteiger partial charge in [0, 0.05) is 5.69 Å². The number of aromatic nitrogens is 4. The summed E-state index contributed by atoms with van der Waals surface area (Å²) >= 11 is 0. The van der Waals surface area contributed by atoms with Crippen LogP contribution in [0.1, 0.15) is 23.1 Å². The van der Waals surface area contributed by atoms with E-state index in [4.69, 9.17) is 0 Å². The van der Waals surface area contributed by atoms with Crippen LogP contribution in [0, 0.1) is 6.92 Å². The highest BCUT2D eigenvalue weighted by atomic mass is 16.1. The van der Waals surface area contributed by atoms with Gasteiger partial charge in [0.05, 0.1) is 11.0 Å². The summed E-state index contributed by atoms with van der Waals surface area (Å²) in [6.07, 6.45) is 0. The molecule has 0 fully saturated rings. The number of nitrogens with zero attached hydrogens (tertiary/aromatic N) is 4. The van der Waals surface area contributed by atoms with Crippen molar-refractivity contribution >= 4 is 16.8 Å². The summed E-state index contributed by atoms with van der Waals surface area (Å²) in [5.74, 6) is -0.0421. The van der Waals surface area contributed by atoms with E-state index in [1.165, 1.54) is 11.7 Å². The highest BCUT2D eigenvalue weighted by Crippen LogP contribution is 2.11. The summed E-state index contributed by atoms with van der Waals surface area (Å²) in [5, 5.41) is 8.46. The van der Waals surface area contributed by atoms with Crippen molar-refractivity contribution in [2.24, 2.45) is 0 Å². The molecule has 5 nitrogen and oxygen atoms in total. The molecule has 2 aromatic heterocycles. The predicted octanol–water partition coefficient (Wildman–Crippen LogP) is 0.541. The molecule has 0 atom stereocenters. The fourth-order valence-electron chi connectivity index (χ4n) is 1.93. The molecule has 3 aromatic rings. The van der Waals surface area contributed by atoms with E-state index in [2.05, 4.69) is 10.2 Å². The minimum atomic E-state index is -0.0421. The van der Waals surface area contributed by atoms with E-state index in [1.807, 2.05) is 35.7 Å². The zero-order chi connectivity index (χ0) is 11.3. The molecule has 0 aliphatic rings. The molecular weight excluding hydrogens is 204 g/mol. The number of Topliss-reactive ketones (excluding diaryl/α,β-unsaturated/α-hetero) is 1. The topological polar surface area (TPSA) is 52.6 Å². The zero-order valence-corrected chi connectivity index (χ0v) is 9.01. The molecule has 0 saturated heterocycles. The van der Waals surface area contributed by atoms with Gasteiger partial charge in [-0.3, -0.25) is 4.79 Å². The molecule has 0 saturated carbocycles. The van der Waals surface area contributed by atoms with Crippen molar-refractivity contribution in [3.63, 3.8) is 0 Å². The highest BCUT2D eigenvalue weighted by molar-refractivity contribution is 5.93. The Balaban J connectivity index is 2.50. The molecule has 0 aliphatic carbocycles. The molecule has 1 aromatic carbocycles. The molecule has 0 aliphatic heterocycles. The van der Waals surface area contributed by atoms with Crippen molar-refractivity contribution in [1.82, 2.24) is 14.7 Å². The number of ketones is 1. The van der Waals surface area contributed by atoms with Crippen LogP contribution >= 0.6 is 0 Å². The second-order valence-electron chi connectivity index (χ2n) is 3.76. The van der Waals surface area contributed by atoms with Gasteiger partial charge in [0.25, 0.3) is 0 Å². The summed E-state index contributed by atoms with van der Waals surface area (Å²) in [7, 11) is 0. The molecule has 3 rings (SSSR count). The zero-order valence-electron chi connectivity index (χ0n) is 9.01. The standard InChI is InChI=1S/C11H10N4O/c1-7-11(8(2)16)13-15-12-9-5-3-4-6-10(9)14(7)15/h3-6H,1-2H3. The first-order chi connectivity index (χ1) is 7.68. The molecule has 5 heteroatoms. The fraction of sp³-hybridized carbons (Fsp3) is 0.182. The number of para-hydroxylation sites is 1. The van der Waals surface area contributed by atoms with E-state index in [1.54, 1.807) is 0 Å². The minimum absolute atomic E-state index is 0.0421. The van der Waals surface area contributed by atoms with Gasteiger partial charge >= 0.3 is 0 Å². The first-order valence-corrected chi connectivity index (χ1v) is 5.03. The van der Waals surface area contributed by atoms with Crippen molar-refractivity contribution in [2.45, 2.75) is 13.8 Å². The van der Waals surface area contributed by atoms with Crippen LogP contribution in [0.4, 0.5) is 0 Å². The SMILES string of the molecule is CC(=O)c1[n-][n+]2nc3ccccc3n2c1C. The third-order valence-electron chi connectivity index (χ3n) is 2.67. The minimum Gasteiger partial charge on any atom is -0.294 e. The van der Waals surface area contributed by atoms with Crippen LogP contribution < -0.4 is 9.84 Å². The fourth-order valence-corrected chi connectivity index (χ4v) is 1.93. The number of rotatable bonds is 1. The largest absolute Gasteiger partial charge is 0.294 e. The molecular formula is C11H10N4O. The first kappa shape index (κ1) is 9.08. The van der Waals surface area contributed by atoms with Crippen LogP contribution in [0.15, 0.2) is 24.3 Å². The number of aryl methyl sites for hydroxylation is 1. The Morgan fingerprint density at radius 3 is 2.94 bits per heavy atom. The van der Waals surface area contributed by atoms with E-state index in [0.29, 0.717) is 5.69 Å². The van der Waals surface area contributed by atoms with Gasteiger partial charge in [0.15, 0.2) is 5.78 Å². The molecule has 80 valence electrons. The van der Waals surface area contributed by atoms with Gasteiger partial charge in [-0.25, -0.2) is 0 Å². The van der Waals surface area contributed by atoms with E-state index in [-0.39, 0.29) is 5.78 Å². The second kappa shape index (κ2) is 2.91. The quantitative estimate of drug-likeness (QED) is 0.439. The van der Waals surface area contributed by atoms with Gasteiger partial charge in [0.1, 0.15) is 5.69 Å². The monoisotopic (exact) mass is 214 g/mol. The summed E-state index contributed by atoms with van der Waals surface area (Å²) in [4.78, 5) is 11.4. The van der Waals surface area contributed by atoms with E-state index >= 15 is 0 Å². The number of carbonyl (C=O) groups is 1. The van der Waals surface area contributed by atoms with Crippen LogP contribution in [0.3, 0.4) is 0 Å². The molecule has 0 spiro atoms. The average molecular weight is 214 g/mol. The van der Waals surface area contributed by atoms with Crippen molar-refractivity contribution < 1.29 is 9.54 Å². The van der Waals surface area contributed by atoms with Gasteiger partial charge < -0.3 is 0 Å². The van der Waals surface area contributed by atoms with Crippen molar-refractivity contribution in [3.05, 3.63) is 35.7 Å². The third-order valence-corrected chi connectivity index (χ3v) is 2.67. The Labute approximate surface area is 91.3 Å². The van der Waals surface area contributed by atoms with Gasteiger partial charge in [-0.15, -0.1) is 0 Å². The third kappa shape index (κ3) is 1.02. The molecule has 0 amide bonds. The van der Waals surface area contributed by atoms with Crippen LogP contribution in [0.25, 0.3) is 11.0 Å². The lowest BCUT2D eigenvalue weighted by Crippen LogP contribution is -2.33. The molecule has 2 heterocycles. The number of benzene rings is 1. The number of carbonyl (C=O) groups excluding carboxylic acids is 1. The van der Waals surface area contributed by atoms with E-state index in [9.17, 15) is 4.79 Å². The van der Waals surface area contributed by atoms with Crippen LogP contribution in [-0.2, 0) is 0 Å². The lowest BCUT2D eigenvalue weighted by Gasteiger charge is -1.93. The molecule has 16 heavy (non-hydrogen) atoms. The summed E-state index contributed by atoms with van der Waals surface area (Å²) in [6.45, 7) is 3.38.